The van der Waals surface area contributed by atoms with Crippen molar-refractivity contribution < 1.29 is 18.1 Å². The Balaban J connectivity index is 1.84. The standard InChI is InChI=1S/C20H13F3N4O2/c21-20(22,23)19(16-4-1-5-17-15(16)3-2-10-24-17)11-18(26-25-12-19)13-6-8-14(9-7-13)27(28)29/h1-10,12H,11H2/t19-/m0/s1. The summed E-state index contributed by atoms with van der Waals surface area (Å²) in [4.78, 5) is 14.4. The third-order valence-corrected chi connectivity index (χ3v) is 4.95. The summed E-state index contributed by atoms with van der Waals surface area (Å²) in [5, 5.41) is 18.8. The second kappa shape index (κ2) is 6.77. The van der Waals surface area contributed by atoms with Gasteiger partial charge in [0, 0.05) is 36.4 Å². The molecule has 1 aliphatic rings. The number of nitro groups is 1. The number of benzene rings is 2. The molecule has 0 bridgehead atoms. The minimum Gasteiger partial charge on any atom is -0.258 e. The van der Waals surface area contributed by atoms with Crippen molar-refractivity contribution in [2.24, 2.45) is 10.2 Å². The highest BCUT2D eigenvalue weighted by Gasteiger charge is 2.57. The van der Waals surface area contributed by atoms with E-state index >= 15 is 0 Å². The maximum absolute atomic E-state index is 14.4. The van der Waals surface area contributed by atoms with E-state index in [0.29, 0.717) is 16.5 Å². The monoisotopic (exact) mass is 398 g/mol. The Morgan fingerprint density at radius 2 is 1.79 bits per heavy atom. The van der Waals surface area contributed by atoms with Gasteiger partial charge in [0.05, 0.1) is 16.2 Å². The molecule has 9 heteroatoms. The molecule has 0 fully saturated rings. The molecular weight excluding hydrogens is 385 g/mol. The first kappa shape index (κ1) is 18.7. The molecule has 29 heavy (non-hydrogen) atoms. The lowest BCUT2D eigenvalue weighted by atomic mass is 9.73. The van der Waals surface area contributed by atoms with Crippen LogP contribution in [0.3, 0.4) is 0 Å². The number of aromatic nitrogens is 1. The summed E-state index contributed by atoms with van der Waals surface area (Å²) in [6.45, 7) is 0. The summed E-state index contributed by atoms with van der Waals surface area (Å²) in [5.41, 5.74) is -1.62. The zero-order chi connectivity index (χ0) is 20.6. The van der Waals surface area contributed by atoms with E-state index in [-0.39, 0.29) is 17.0 Å². The second-order valence-electron chi connectivity index (χ2n) is 6.62. The molecule has 6 nitrogen and oxygen atoms in total. The summed E-state index contributed by atoms with van der Waals surface area (Å²) >= 11 is 0. The minimum absolute atomic E-state index is 0.0358. The van der Waals surface area contributed by atoms with Crippen LogP contribution in [-0.4, -0.2) is 28.0 Å². The number of non-ortho nitro benzene ring substituents is 1. The van der Waals surface area contributed by atoms with Crippen LogP contribution in [0.1, 0.15) is 17.5 Å². The molecule has 0 radical (unpaired) electrons. The average Bonchev–Trinajstić information content (AvgIpc) is 2.72. The molecule has 4 rings (SSSR count). The third kappa shape index (κ3) is 3.14. The van der Waals surface area contributed by atoms with Gasteiger partial charge in [0.1, 0.15) is 5.41 Å². The lowest BCUT2D eigenvalue weighted by Gasteiger charge is -2.35. The van der Waals surface area contributed by atoms with Crippen molar-refractivity contribution >= 4 is 28.5 Å². The maximum Gasteiger partial charge on any atom is 0.403 e. The van der Waals surface area contributed by atoms with Crippen LogP contribution in [0.5, 0.6) is 0 Å². The molecule has 146 valence electrons. The van der Waals surface area contributed by atoms with Crippen molar-refractivity contribution in [3.8, 4) is 0 Å². The largest absolute Gasteiger partial charge is 0.403 e. The van der Waals surface area contributed by atoms with Crippen LogP contribution in [0.4, 0.5) is 18.9 Å². The first-order valence-corrected chi connectivity index (χ1v) is 8.59. The summed E-state index contributed by atoms with van der Waals surface area (Å²) in [5.74, 6) is 0. The number of halogens is 3. The quantitative estimate of drug-likeness (QED) is 0.468. The van der Waals surface area contributed by atoms with Crippen molar-refractivity contribution in [1.29, 1.82) is 0 Å². The van der Waals surface area contributed by atoms with Crippen LogP contribution in [0.2, 0.25) is 0 Å². The molecule has 0 aliphatic carbocycles. The maximum atomic E-state index is 14.4. The van der Waals surface area contributed by atoms with Crippen LogP contribution < -0.4 is 0 Å². The van der Waals surface area contributed by atoms with E-state index < -0.39 is 22.9 Å². The van der Waals surface area contributed by atoms with E-state index in [1.807, 2.05) is 0 Å². The number of alkyl halides is 3. The highest BCUT2D eigenvalue weighted by molar-refractivity contribution is 6.06. The summed E-state index contributed by atoms with van der Waals surface area (Å²) in [6.07, 6.45) is -2.79. The Bertz CT molecular complexity index is 1150. The fourth-order valence-electron chi connectivity index (χ4n) is 3.46. The fraction of sp³-hybridized carbons (Fsp3) is 0.150. The number of rotatable bonds is 3. The molecule has 0 N–H and O–H groups in total. The molecule has 0 amide bonds. The van der Waals surface area contributed by atoms with Crippen LogP contribution in [0.15, 0.2) is 71.0 Å². The first-order chi connectivity index (χ1) is 13.8. The van der Waals surface area contributed by atoms with Gasteiger partial charge in [0.15, 0.2) is 0 Å². The van der Waals surface area contributed by atoms with Crippen molar-refractivity contribution in [1.82, 2.24) is 4.98 Å². The fourth-order valence-corrected chi connectivity index (χ4v) is 3.46. The van der Waals surface area contributed by atoms with Gasteiger partial charge in [-0.3, -0.25) is 15.1 Å². The highest BCUT2D eigenvalue weighted by Crippen LogP contribution is 2.46. The topological polar surface area (TPSA) is 80.8 Å². The van der Waals surface area contributed by atoms with Gasteiger partial charge in [-0.15, -0.1) is 0 Å². The van der Waals surface area contributed by atoms with E-state index in [1.54, 1.807) is 18.2 Å². The molecule has 0 spiro atoms. The van der Waals surface area contributed by atoms with Crippen LogP contribution >= 0.6 is 0 Å². The van der Waals surface area contributed by atoms with Crippen LogP contribution in [-0.2, 0) is 5.41 Å². The van der Waals surface area contributed by atoms with Gasteiger partial charge >= 0.3 is 6.18 Å². The molecular formula is C20H13F3N4O2. The number of pyridine rings is 1. The van der Waals surface area contributed by atoms with Crippen molar-refractivity contribution in [2.45, 2.75) is 18.0 Å². The van der Waals surface area contributed by atoms with Crippen LogP contribution in [0.25, 0.3) is 10.9 Å². The van der Waals surface area contributed by atoms with Gasteiger partial charge in [-0.2, -0.15) is 23.4 Å². The number of hydrogen-bond donors (Lipinski definition) is 0. The van der Waals surface area contributed by atoms with E-state index in [9.17, 15) is 23.3 Å². The number of fused-ring (bicyclic) bond motifs is 1. The smallest absolute Gasteiger partial charge is 0.258 e. The zero-order valence-corrected chi connectivity index (χ0v) is 14.8. The van der Waals surface area contributed by atoms with E-state index in [1.165, 1.54) is 42.6 Å². The summed E-state index contributed by atoms with van der Waals surface area (Å²) in [7, 11) is 0. The van der Waals surface area contributed by atoms with Gasteiger partial charge in [-0.1, -0.05) is 18.2 Å². The minimum atomic E-state index is -4.65. The molecule has 0 saturated carbocycles. The van der Waals surface area contributed by atoms with Crippen molar-refractivity contribution in [3.05, 3.63) is 82.0 Å². The second-order valence-corrected chi connectivity index (χ2v) is 6.62. The SMILES string of the molecule is O=[N+]([O-])c1ccc(C2=NN=C[C@@](c3cccc4ncccc34)(C(F)(F)F)C2)cc1. The Labute approximate surface area is 162 Å². The molecule has 0 saturated heterocycles. The normalized spacial score (nSPS) is 19.2. The van der Waals surface area contributed by atoms with Gasteiger partial charge < -0.3 is 0 Å². The van der Waals surface area contributed by atoms with Gasteiger partial charge in [0.25, 0.3) is 5.69 Å². The van der Waals surface area contributed by atoms with Gasteiger partial charge in [0.2, 0.25) is 0 Å². The molecule has 1 atom stereocenters. The predicted octanol–water partition coefficient (Wildman–Crippen LogP) is 4.82. The molecule has 2 aromatic carbocycles. The van der Waals surface area contributed by atoms with Gasteiger partial charge in [-0.05, 0) is 35.4 Å². The number of hydrogen-bond acceptors (Lipinski definition) is 5. The average molecular weight is 398 g/mol. The lowest BCUT2D eigenvalue weighted by molar-refractivity contribution is -0.384. The number of nitrogens with zero attached hydrogens (tertiary/aromatic N) is 4. The Morgan fingerprint density at radius 1 is 1.03 bits per heavy atom. The summed E-state index contributed by atoms with van der Waals surface area (Å²) in [6, 6.07) is 13.0. The zero-order valence-electron chi connectivity index (χ0n) is 14.8. The molecule has 3 aromatic rings. The Kier molecular flexibility index (Phi) is 4.37. The molecule has 1 aliphatic heterocycles. The molecule has 0 unspecified atom stereocenters. The van der Waals surface area contributed by atoms with E-state index in [2.05, 4.69) is 15.2 Å². The Morgan fingerprint density at radius 3 is 2.48 bits per heavy atom. The predicted molar refractivity (Wildman–Crippen MR) is 102 cm³/mol. The number of nitro benzene ring substituents is 1. The molecule has 2 heterocycles. The van der Waals surface area contributed by atoms with Crippen molar-refractivity contribution in [2.75, 3.05) is 0 Å². The molecule has 1 aromatic heterocycles. The first-order valence-electron chi connectivity index (χ1n) is 8.59. The Hall–Kier alpha value is -3.62. The third-order valence-electron chi connectivity index (χ3n) is 4.95. The van der Waals surface area contributed by atoms with E-state index in [0.717, 1.165) is 6.21 Å². The van der Waals surface area contributed by atoms with E-state index in [4.69, 9.17) is 0 Å². The summed E-state index contributed by atoms with van der Waals surface area (Å²) < 4.78 is 43.2. The van der Waals surface area contributed by atoms with Crippen molar-refractivity contribution in [3.63, 3.8) is 0 Å². The van der Waals surface area contributed by atoms with Crippen LogP contribution in [0, 0.1) is 10.1 Å². The lowest BCUT2D eigenvalue weighted by Crippen LogP contribution is -2.47. The van der Waals surface area contributed by atoms with Gasteiger partial charge in [-0.25, -0.2) is 0 Å². The highest BCUT2D eigenvalue weighted by atomic mass is 19.4.